The Hall–Kier alpha value is -0.260. The first kappa shape index (κ1) is 17.8. The second-order valence-corrected chi connectivity index (χ2v) is 6.85. The van der Waals surface area contributed by atoms with E-state index in [4.69, 9.17) is 10.5 Å². The molecule has 1 unspecified atom stereocenters. The van der Waals surface area contributed by atoms with Crippen molar-refractivity contribution >= 4 is 17.7 Å². The number of piperidine rings is 1. The van der Waals surface area contributed by atoms with Gasteiger partial charge in [-0.1, -0.05) is 13.3 Å². The first-order valence-corrected chi connectivity index (χ1v) is 8.96. The van der Waals surface area contributed by atoms with Crippen molar-refractivity contribution in [3.05, 3.63) is 0 Å². The van der Waals surface area contributed by atoms with Crippen molar-refractivity contribution in [2.45, 2.75) is 57.3 Å². The first-order valence-electron chi connectivity index (χ1n) is 7.91. The fraction of sp³-hybridized carbons (Fsp3) is 0.933. The summed E-state index contributed by atoms with van der Waals surface area (Å²) in [7, 11) is 0. The van der Waals surface area contributed by atoms with E-state index < -0.39 is 0 Å². The zero-order valence-electron chi connectivity index (χ0n) is 13.0. The highest BCUT2D eigenvalue weighted by Crippen LogP contribution is 2.19. The van der Waals surface area contributed by atoms with E-state index in [2.05, 4.69) is 6.92 Å². The zero-order chi connectivity index (χ0) is 14.8. The van der Waals surface area contributed by atoms with Gasteiger partial charge in [0, 0.05) is 19.7 Å². The lowest BCUT2D eigenvalue weighted by atomic mass is 10.1. The Morgan fingerprint density at radius 1 is 1.40 bits per heavy atom. The molecule has 1 saturated heterocycles. The normalized spacial score (nSPS) is 18.2. The summed E-state index contributed by atoms with van der Waals surface area (Å²) in [5, 5.41) is 0.0938. The molecule has 0 bridgehead atoms. The van der Waals surface area contributed by atoms with Crippen molar-refractivity contribution in [3.8, 4) is 0 Å². The number of rotatable bonds is 9. The second kappa shape index (κ2) is 10.5. The van der Waals surface area contributed by atoms with Gasteiger partial charge >= 0.3 is 0 Å². The fourth-order valence-electron chi connectivity index (χ4n) is 2.31. The minimum Gasteiger partial charge on any atom is -0.378 e. The van der Waals surface area contributed by atoms with Gasteiger partial charge in [-0.3, -0.25) is 4.79 Å². The lowest BCUT2D eigenvalue weighted by Gasteiger charge is -2.33. The van der Waals surface area contributed by atoms with Gasteiger partial charge < -0.3 is 15.4 Å². The molecule has 2 N–H and O–H groups in total. The van der Waals surface area contributed by atoms with Crippen LogP contribution in [0.3, 0.4) is 0 Å². The molecule has 0 spiro atoms. The van der Waals surface area contributed by atoms with Gasteiger partial charge in [-0.15, -0.1) is 11.8 Å². The molecule has 1 atom stereocenters. The molecule has 1 amide bonds. The van der Waals surface area contributed by atoms with Crippen LogP contribution in [0.2, 0.25) is 0 Å². The predicted molar refractivity (Wildman–Crippen MR) is 86.1 cm³/mol. The number of hydrogen-bond acceptors (Lipinski definition) is 4. The number of nitrogens with zero attached hydrogens (tertiary/aromatic N) is 1. The summed E-state index contributed by atoms with van der Waals surface area (Å²) in [5.41, 5.74) is 5.45. The van der Waals surface area contributed by atoms with Gasteiger partial charge in [-0.25, -0.2) is 0 Å². The average Bonchev–Trinajstić information content (AvgIpc) is 2.47. The van der Waals surface area contributed by atoms with Crippen LogP contribution in [0.1, 0.15) is 46.0 Å². The molecule has 1 heterocycles. The van der Waals surface area contributed by atoms with Crippen LogP contribution in [0.25, 0.3) is 0 Å². The Labute approximate surface area is 127 Å². The second-order valence-electron chi connectivity index (χ2n) is 5.40. The van der Waals surface area contributed by atoms with Crippen LogP contribution in [0.15, 0.2) is 0 Å². The molecule has 1 fully saturated rings. The van der Waals surface area contributed by atoms with E-state index in [0.29, 0.717) is 18.6 Å². The summed E-state index contributed by atoms with van der Waals surface area (Å²) in [6.45, 7) is 7.33. The molecule has 0 aromatic carbocycles. The Balaban J connectivity index is 2.21. The molecule has 118 valence electrons. The van der Waals surface area contributed by atoms with Crippen molar-refractivity contribution < 1.29 is 9.53 Å². The number of likely N-dealkylation sites (tertiary alicyclic amines) is 1. The van der Waals surface area contributed by atoms with E-state index in [1.807, 2.05) is 11.8 Å². The van der Waals surface area contributed by atoms with Crippen LogP contribution in [0.4, 0.5) is 0 Å². The molecule has 1 aliphatic rings. The Morgan fingerprint density at radius 2 is 2.10 bits per heavy atom. The summed E-state index contributed by atoms with van der Waals surface area (Å²) in [6.07, 6.45) is 5.54. The van der Waals surface area contributed by atoms with Crippen molar-refractivity contribution in [1.82, 2.24) is 4.90 Å². The quantitative estimate of drug-likeness (QED) is 0.664. The van der Waals surface area contributed by atoms with Crippen LogP contribution in [-0.4, -0.2) is 54.2 Å². The molecule has 5 heteroatoms. The zero-order valence-corrected chi connectivity index (χ0v) is 13.8. The molecule has 0 aliphatic carbocycles. The molecule has 4 nitrogen and oxygen atoms in total. The smallest absolute Gasteiger partial charge is 0.235 e. The maximum atomic E-state index is 12.3. The summed E-state index contributed by atoms with van der Waals surface area (Å²) in [4.78, 5) is 14.3. The first-order chi connectivity index (χ1) is 9.69. The number of carbonyl (C=O) groups is 1. The third kappa shape index (κ3) is 6.46. The number of amides is 1. The van der Waals surface area contributed by atoms with E-state index in [9.17, 15) is 4.79 Å². The van der Waals surface area contributed by atoms with Gasteiger partial charge in [0.2, 0.25) is 5.91 Å². The van der Waals surface area contributed by atoms with Crippen LogP contribution in [0.5, 0.6) is 0 Å². The SMILES string of the molecule is CCCCSC(C)C(=O)N1CCC(OCCCN)CC1. The molecule has 1 aliphatic heterocycles. The van der Waals surface area contributed by atoms with Crippen LogP contribution >= 0.6 is 11.8 Å². The lowest BCUT2D eigenvalue weighted by Crippen LogP contribution is -2.44. The Bertz CT molecular complexity index is 269. The van der Waals surface area contributed by atoms with Crippen molar-refractivity contribution in [2.75, 3.05) is 32.0 Å². The highest BCUT2D eigenvalue weighted by Gasteiger charge is 2.26. The van der Waals surface area contributed by atoms with E-state index in [1.165, 1.54) is 12.8 Å². The van der Waals surface area contributed by atoms with E-state index in [0.717, 1.165) is 44.7 Å². The maximum Gasteiger partial charge on any atom is 0.235 e. The molecular formula is C15H30N2O2S. The van der Waals surface area contributed by atoms with Crippen LogP contribution in [0, 0.1) is 0 Å². The number of nitrogens with two attached hydrogens (primary N) is 1. The summed E-state index contributed by atoms with van der Waals surface area (Å²) >= 11 is 1.78. The Kier molecular flexibility index (Phi) is 9.31. The number of hydrogen-bond donors (Lipinski definition) is 1. The summed E-state index contributed by atoms with van der Waals surface area (Å²) in [6, 6.07) is 0. The molecule has 0 aromatic heterocycles. The van der Waals surface area contributed by atoms with E-state index >= 15 is 0 Å². The highest BCUT2D eigenvalue weighted by atomic mass is 32.2. The number of carbonyl (C=O) groups excluding carboxylic acids is 1. The van der Waals surface area contributed by atoms with Gasteiger partial charge in [0.15, 0.2) is 0 Å². The summed E-state index contributed by atoms with van der Waals surface area (Å²) < 4.78 is 5.77. The molecule has 1 rings (SSSR count). The highest BCUT2D eigenvalue weighted by molar-refractivity contribution is 8.00. The van der Waals surface area contributed by atoms with E-state index in [1.54, 1.807) is 11.8 Å². The van der Waals surface area contributed by atoms with Gasteiger partial charge in [-0.05, 0) is 44.9 Å². The minimum absolute atomic E-state index is 0.0938. The van der Waals surface area contributed by atoms with Gasteiger partial charge in [-0.2, -0.15) is 0 Å². The van der Waals surface area contributed by atoms with E-state index in [-0.39, 0.29) is 5.25 Å². The van der Waals surface area contributed by atoms with Gasteiger partial charge in [0.25, 0.3) is 0 Å². The van der Waals surface area contributed by atoms with Crippen molar-refractivity contribution in [1.29, 1.82) is 0 Å². The number of thioether (sulfide) groups is 1. The number of ether oxygens (including phenoxy) is 1. The monoisotopic (exact) mass is 302 g/mol. The van der Waals surface area contributed by atoms with Crippen LogP contribution < -0.4 is 5.73 Å². The Morgan fingerprint density at radius 3 is 2.70 bits per heavy atom. The minimum atomic E-state index is 0.0938. The predicted octanol–water partition coefficient (Wildman–Crippen LogP) is 2.26. The third-order valence-electron chi connectivity index (χ3n) is 3.67. The molecule has 0 saturated carbocycles. The molecular weight excluding hydrogens is 272 g/mol. The lowest BCUT2D eigenvalue weighted by molar-refractivity contribution is -0.132. The van der Waals surface area contributed by atoms with Gasteiger partial charge in [0.05, 0.1) is 11.4 Å². The topological polar surface area (TPSA) is 55.6 Å². The maximum absolute atomic E-state index is 12.3. The molecule has 0 aromatic rings. The van der Waals surface area contributed by atoms with Gasteiger partial charge in [0.1, 0.15) is 0 Å². The van der Waals surface area contributed by atoms with Crippen molar-refractivity contribution in [2.24, 2.45) is 5.73 Å². The third-order valence-corrected chi connectivity index (χ3v) is 4.90. The molecule has 0 radical (unpaired) electrons. The fourth-order valence-corrected chi connectivity index (χ4v) is 3.41. The van der Waals surface area contributed by atoms with Crippen LogP contribution in [-0.2, 0) is 9.53 Å². The average molecular weight is 302 g/mol. The largest absolute Gasteiger partial charge is 0.378 e. The number of unbranched alkanes of at least 4 members (excludes halogenated alkanes) is 1. The van der Waals surface area contributed by atoms with Crippen molar-refractivity contribution in [3.63, 3.8) is 0 Å². The summed E-state index contributed by atoms with van der Waals surface area (Å²) in [5.74, 6) is 1.38. The standard InChI is InChI=1S/C15H30N2O2S/c1-3-4-12-20-13(2)15(18)17-9-6-14(7-10-17)19-11-5-8-16/h13-14H,3-12,16H2,1-2H3. The molecule has 20 heavy (non-hydrogen) atoms.